The minimum atomic E-state index is -1.21. The van der Waals surface area contributed by atoms with E-state index in [4.69, 9.17) is 18.9 Å². The van der Waals surface area contributed by atoms with Crippen LogP contribution in [0, 0.1) is 23.7 Å². The molecule has 0 aromatic rings. The summed E-state index contributed by atoms with van der Waals surface area (Å²) < 4.78 is 23.8. The molecule has 0 aromatic heterocycles. The number of fused-ring (bicyclic) bond motifs is 3. The standard InChI is InChI=1S/C16H20O6/c17-10-11-12(19-14(10)18)13-15(20-11)22-16(21-13)8-2-6-1-7(4-8)5-9(16)3-6/h6-13,15,17H,1-5H2. The quantitative estimate of drug-likeness (QED) is 0.659. The lowest BCUT2D eigenvalue weighted by Gasteiger charge is -2.58. The highest BCUT2D eigenvalue weighted by atomic mass is 16.9. The lowest BCUT2D eigenvalue weighted by Crippen LogP contribution is -2.59. The summed E-state index contributed by atoms with van der Waals surface area (Å²) in [6.07, 6.45) is 2.84. The van der Waals surface area contributed by atoms with E-state index in [9.17, 15) is 9.90 Å². The van der Waals surface area contributed by atoms with Gasteiger partial charge in [0.25, 0.3) is 0 Å². The molecule has 0 radical (unpaired) electrons. The molecule has 3 aliphatic heterocycles. The van der Waals surface area contributed by atoms with Crippen molar-refractivity contribution >= 4 is 5.97 Å². The molecule has 22 heavy (non-hydrogen) atoms. The zero-order valence-corrected chi connectivity index (χ0v) is 12.2. The minimum absolute atomic E-state index is 0.386. The van der Waals surface area contributed by atoms with Crippen molar-refractivity contribution in [1.82, 2.24) is 0 Å². The maximum Gasteiger partial charge on any atom is 0.338 e. The van der Waals surface area contributed by atoms with Crippen LogP contribution in [0.2, 0.25) is 0 Å². The Morgan fingerprint density at radius 1 is 0.909 bits per heavy atom. The van der Waals surface area contributed by atoms with Crippen molar-refractivity contribution in [3.05, 3.63) is 0 Å². The highest BCUT2D eigenvalue weighted by molar-refractivity contribution is 5.78. The van der Waals surface area contributed by atoms with Gasteiger partial charge in [0, 0.05) is 11.8 Å². The first-order valence-corrected chi connectivity index (χ1v) is 8.54. The molecule has 5 unspecified atom stereocenters. The molecule has 3 heterocycles. The summed E-state index contributed by atoms with van der Waals surface area (Å²) in [4.78, 5) is 11.5. The van der Waals surface area contributed by atoms with Crippen molar-refractivity contribution in [2.24, 2.45) is 23.7 Å². The van der Waals surface area contributed by atoms with E-state index < -0.39 is 36.4 Å². The number of carbonyl (C=O) groups is 1. The van der Waals surface area contributed by atoms with E-state index in [1.165, 1.54) is 32.1 Å². The van der Waals surface area contributed by atoms with Gasteiger partial charge in [0.05, 0.1) is 0 Å². The zero-order chi connectivity index (χ0) is 14.6. The summed E-state index contributed by atoms with van der Waals surface area (Å²) in [6, 6.07) is 0. The smallest absolute Gasteiger partial charge is 0.338 e. The fourth-order valence-electron chi connectivity index (χ4n) is 6.24. The van der Waals surface area contributed by atoms with E-state index >= 15 is 0 Å². The number of esters is 1. The van der Waals surface area contributed by atoms with Gasteiger partial charge in [-0.15, -0.1) is 0 Å². The predicted octanol–water partition coefficient (Wildman–Crippen LogP) is 0.565. The molecule has 7 aliphatic rings. The first-order valence-electron chi connectivity index (χ1n) is 8.54. The van der Waals surface area contributed by atoms with E-state index in [2.05, 4.69) is 0 Å². The molecular formula is C16H20O6. The molecule has 6 nitrogen and oxygen atoms in total. The van der Waals surface area contributed by atoms with Gasteiger partial charge in [-0.2, -0.15) is 0 Å². The molecule has 5 atom stereocenters. The zero-order valence-electron chi connectivity index (χ0n) is 12.2. The number of aliphatic hydroxyl groups is 1. The summed E-state index contributed by atoms with van der Waals surface area (Å²) in [7, 11) is 0. The van der Waals surface area contributed by atoms with E-state index in [1.807, 2.05) is 0 Å². The van der Waals surface area contributed by atoms with Crippen LogP contribution in [-0.2, 0) is 23.7 Å². The molecule has 4 bridgehead atoms. The molecule has 7 rings (SSSR count). The fourth-order valence-corrected chi connectivity index (χ4v) is 6.24. The molecule has 4 aliphatic carbocycles. The van der Waals surface area contributed by atoms with Crippen LogP contribution in [0.15, 0.2) is 0 Å². The van der Waals surface area contributed by atoms with Crippen LogP contribution in [-0.4, -0.2) is 47.6 Å². The molecule has 1 N–H and O–H groups in total. The summed E-state index contributed by atoms with van der Waals surface area (Å²) in [5, 5.41) is 9.82. The van der Waals surface area contributed by atoms with Gasteiger partial charge in [-0.05, 0) is 43.9 Å². The third-order valence-corrected chi connectivity index (χ3v) is 6.91. The van der Waals surface area contributed by atoms with Crippen molar-refractivity contribution in [3.63, 3.8) is 0 Å². The number of aliphatic hydroxyl groups excluding tert-OH is 1. The molecule has 4 saturated carbocycles. The van der Waals surface area contributed by atoms with Gasteiger partial charge in [0.1, 0.15) is 6.10 Å². The highest BCUT2D eigenvalue weighted by Crippen LogP contribution is 2.63. The normalized spacial score (nSPS) is 64.2. The first kappa shape index (κ1) is 12.7. The lowest BCUT2D eigenvalue weighted by molar-refractivity contribution is -0.324. The Kier molecular flexibility index (Phi) is 2.23. The van der Waals surface area contributed by atoms with E-state index in [-0.39, 0.29) is 6.10 Å². The van der Waals surface area contributed by atoms with Crippen LogP contribution in [0.3, 0.4) is 0 Å². The second kappa shape index (κ2) is 3.86. The van der Waals surface area contributed by atoms with Crippen LogP contribution in [0.5, 0.6) is 0 Å². The Balaban J connectivity index is 1.32. The second-order valence-corrected chi connectivity index (χ2v) is 8.04. The van der Waals surface area contributed by atoms with Gasteiger partial charge < -0.3 is 24.1 Å². The Labute approximate surface area is 128 Å². The van der Waals surface area contributed by atoms with Crippen molar-refractivity contribution in [2.75, 3.05) is 0 Å². The molecule has 0 aromatic carbocycles. The lowest BCUT2D eigenvalue weighted by atomic mass is 9.53. The molecule has 0 amide bonds. The molecular weight excluding hydrogens is 288 g/mol. The van der Waals surface area contributed by atoms with Crippen molar-refractivity contribution < 1.29 is 28.8 Å². The van der Waals surface area contributed by atoms with Crippen LogP contribution in [0.4, 0.5) is 0 Å². The number of carbonyl (C=O) groups excluding carboxylic acids is 1. The van der Waals surface area contributed by atoms with Gasteiger partial charge >= 0.3 is 5.97 Å². The second-order valence-electron chi connectivity index (χ2n) is 8.04. The van der Waals surface area contributed by atoms with Crippen LogP contribution >= 0.6 is 0 Å². The molecule has 3 saturated heterocycles. The van der Waals surface area contributed by atoms with Crippen molar-refractivity contribution in [3.8, 4) is 0 Å². The van der Waals surface area contributed by atoms with Crippen LogP contribution in [0.1, 0.15) is 32.1 Å². The van der Waals surface area contributed by atoms with Gasteiger partial charge in [0.15, 0.2) is 30.4 Å². The van der Waals surface area contributed by atoms with Gasteiger partial charge in [-0.3, -0.25) is 0 Å². The first-order chi connectivity index (χ1) is 10.6. The van der Waals surface area contributed by atoms with Gasteiger partial charge in [-0.25, -0.2) is 4.79 Å². The predicted molar refractivity (Wildman–Crippen MR) is 70.3 cm³/mol. The average molecular weight is 308 g/mol. The Morgan fingerprint density at radius 2 is 1.59 bits per heavy atom. The minimum Gasteiger partial charge on any atom is -0.454 e. The monoisotopic (exact) mass is 308 g/mol. The molecule has 6 heteroatoms. The average Bonchev–Trinajstić information content (AvgIpc) is 3.08. The van der Waals surface area contributed by atoms with Gasteiger partial charge in [-0.1, -0.05) is 0 Å². The third-order valence-electron chi connectivity index (χ3n) is 6.91. The van der Waals surface area contributed by atoms with E-state index in [0.717, 1.165) is 11.8 Å². The molecule has 7 fully saturated rings. The largest absolute Gasteiger partial charge is 0.454 e. The summed E-state index contributed by atoms with van der Waals surface area (Å²) >= 11 is 0. The number of ether oxygens (including phenoxy) is 4. The Hall–Kier alpha value is -0.690. The number of rotatable bonds is 0. The fraction of sp³-hybridized carbons (Fsp3) is 0.938. The van der Waals surface area contributed by atoms with E-state index in [1.54, 1.807) is 0 Å². The Morgan fingerprint density at radius 3 is 2.27 bits per heavy atom. The van der Waals surface area contributed by atoms with Crippen LogP contribution < -0.4 is 0 Å². The van der Waals surface area contributed by atoms with E-state index in [0.29, 0.717) is 11.8 Å². The number of hydrogen-bond acceptors (Lipinski definition) is 6. The summed E-state index contributed by atoms with van der Waals surface area (Å²) in [5.74, 6) is 1.41. The maximum absolute atomic E-state index is 11.5. The molecule has 1 spiro atoms. The van der Waals surface area contributed by atoms with Crippen LogP contribution in [0.25, 0.3) is 0 Å². The summed E-state index contributed by atoms with van der Waals surface area (Å²) in [6.45, 7) is 0. The van der Waals surface area contributed by atoms with Crippen molar-refractivity contribution in [2.45, 2.75) is 68.6 Å². The highest BCUT2D eigenvalue weighted by Gasteiger charge is 2.70. The molecule has 120 valence electrons. The maximum atomic E-state index is 11.5. The third kappa shape index (κ3) is 1.35. The topological polar surface area (TPSA) is 74.2 Å². The number of hydrogen-bond donors (Lipinski definition) is 1. The summed E-state index contributed by atoms with van der Waals surface area (Å²) in [5.41, 5.74) is 0. The van der Waals surface area contributed by atoms with Gasteiger partial charge in [0.2, 0.25) is 0 Å². The van der Waals surface area contributed by atoms with Crippen molar-refractivity contribution in [1.29, 1.82) is 0 Å². The Bertz CT molecular complexity index is 519. The SMILES string of the molecule is O=C1OC2C3OC4(OC3OC2C1O)C1CC2CC(C1)CC4C2.